The number of rotatable bonds is 0. The second kappa shape index (κ2) is 4.65. The van der Waals surface area contributed by atoms with Gasteiger partial charge in [-0.25, -0.2) is 0 Å². The van der Waals surface area contributed by atoms with Crippen LogP contribution in [-0.4, -0.2) is 17.8 Å². The summed E-state index contributed by atoms with van der Waals surface area (Å²) in [6, 6.07) is 5.70. The average Bonchev–Trinajstić information content (AvgIpc) is 2.28. The molecule has 1 spiro atoms. The molecule has 104 valence electrons. The Balaban J connectivity index is 1.94. The fraction of sp³-hybridized carbons (Fsp3) is 0.600. The Morgan fingerprint density at radius 1 is 1.21 bits per heavy atom. The highest BCUT2D eigenvalue weighted by Gasteiger charge is 2.45. The summed E-state index contributed by atoms with van der Waals surface area (Å²) in [6.07, 6.45) is 3.05. The lowest BCUT2D eigenvalue weighted by molar-refractivity contribution is -0.129. The summed E-state index contributed by atoms with van der Waals surface area (Å²) in [4.78, 5) is 0. The van der Waals surface area contributed by atoms with E-state index in [0.29, 0.717) is 5.02 Å². The van der Waals surface area contributed by atoms with E-state index in [9.17, 15) is 0 Å². The SMILES string of the molecule is CC1CC2(CC(C)O1)C[C@@H](N)c1cc(Cl)ccc1O2. The second-order valence-corrected chi connectivity index (χ2v) is 6.38. The number of benzene rings is 1. The van der Waals surface area contributed by atoms with Crippen molar-refractivity contribution in [2.75, 3.05) is 0 Å². The molecule has 0 aromatic heterocycles. The topological polar surface area (TPSA) is 44.5 Å². The smallest absolute Gasteiger partial charge is 0.125 e. The van der Waals surface area contributed by atoms with Gasteiger partial charge < -0.3 is 15.2 Å². The lowest BCUT2D eigenvalue weighted by atomic mass is 9.79. The number of hydrogen-bond acceptors (Lipinski definition) is 3. The van der Waals surface area contributed by atoms with Gasteiger partial charge in [-0.1, -0.05) is 11.6 Å². The molecule has 3 atom stereocenters. The zero-order valence-corrected chi connectivity index (χ0v) is 12.1. The van der Waals surface area contributed by atoms with Crippen LogP contribution in [0.25, 0.3) is 0 Å². The first kappa shape index (κ1) is 13.2. The summed E-state index contributed by atoms with van der Waals surface area (Å²) in [6.45, 7) is 4.20. The molecule has 2 unspecified atom stereocenters. The predicted octanol–water partition coefficient (Wildman–Crippen LogP) is 3.45. The molecule has 3 nitrogen and oxygen atoms in total. The van der Waals surface area contributed by atoms with E-state index in [1.54, 1.807) is 0 Å². The number of fused-ring (bicyclic) bond motifs is 1. The van der Waals surface area contributed by atoms with Crippen LogP contribution in [0.1, 0.15) is 44.7 Å². The Hall–Kier alpha value is -0.770. The fourth-order valence-electron chi connectivity index (χ4n) is 3.56. The number of nitrogens with two attached hydrogens (primary N) is 1. The molecule has 2 aliphatic heterocycles. The zero-order valence-electron chi connectivity index (χ0n) is 11.4. The molecule has 0 radical (unpaired) electrons. The van der Waals surface area contributed by atoms with E-state index < -0.39 is 0 Å². The molecular weight excluding hydrogens is 262 g/mol. The molecule has 0 bridgehead atoms. The van der Waals surface area contributed by atoms with E-state index in [1.165, 1.54) is 0 Å². The van der Waals surface area contributed by atoms with Gasteiger partial charge in [0.15, 0.2) is 0 Å². The van der Waals surface area contributed by atoms with Crippen LogP contribution in [0.2, 0.25) is 5.02 Å². The van der Waals surface area contributed by atoms with Gasteiger partial charge in [-0.3, -0.25) is 0 Å². The Morgan fingerprint density at radius 2 is 1.89 bits per heavy atom. The van der Waals surface area contributed by atoms with Gasteiger partial charge in [0.2, 0.25) is 0 Å². The molecule has 1 fully saturated rings. The Bertz CT molecular complexity index is 481. The predicted molar refractivity (Wildman–Crippen MR) is 75.6 cm³/mol. The molecule has 19 heavy (non-hydrogen) atoms. The molecule has 4 heteroatoms. The Morgan fingerprint density at radius 3 is 2.58 bits per heavy atom. The standard InChI is InChI=1S/C15H20ClNO2/c1-9-6-15(7-10(2)18-9)8-13(17)12-5-11(16)3-4-14(12)19-15/h3-5,9-10,13H,6-8,17H2,1-2H3/t9?,10?,13-,15?/m1/s1. The van der Waals surface area contributed by atoms with Crippen molar-refractivity contribution in [3.63, 3.8) is 0 Å². The zero-order chi connectivity index (χ0) is 13.6. The third-order valence-electron chi connectivity index (χ3n) is 4.07. The summed E-state index contributed by atoms with van der Waals surface area (Å²) in [5.74, 6) is 0.879. The van der Waals surface area contributed by atoms with Crippen LogP contribution in [0.15, 0.2) is 18.2 Å². The third-order valence-corrected chi connectivity index (χ3v) is 4.31. The molecule has 2 aliphatic rings. The van der Waals surface area contributed by atoms with Gasteiger partial charge >= 0.3 is 0 Å². The van der Waals surface area contributed by atoms with Crippen LogP contribution >= 0.6 is 11.6 Å². The summed E-state index contributed by atoms with van der Waals surface area (Å²) >= 11 is 6.03. The van der Waals surface area contributed by atoms with Crippen LogP contribution in [0.4, 0.5) is 0 Å². The van der Waals surface area contributed by atoms with Crippen molar-refractivity contribution in [3.05, 3.63) is 28.8 Å². The van der Waals surface area contributed by atoms with Crippen molar-refractivity contribution in [3.8, 4) is 5.75 Å². The Labute approximate surface area is 119 Å². The van der Waals surface area contributed by atoms with Gasteiger partial charge in [-0.15, -0.1) is 0 Å². The normalized spacial score (nSPS) is 37.8. The number of hydrogen-bond donors (Lipinski definition) is 1. The van der Waals surface area contributed by atoms with Gasteiger partial charge in [0.05, 0.1) is 12.2 Å². The van der Waals surface area contributed by atoms with Gasteiger partial charge in [-0.2, -0.15) is 0 Å². The number of ether oxygens (including phenoxy) is 2. The van der Waals surface area contributed by atoms with Crippen molar-refractivity contribution in [1.82, 2.24) is 0 Å². The third kappa shape index (κ3) is 2.47. The molecule has 0 saturated carbocycles. The van der Waals surface area contributed by atoms with E-state index in [2.05, 4.69) is 13.8 Å². The van der Waals surface area contributed by atoms with Crippen LogP contribution in [0.5, 0.6) is 5.75 Å². The maximum Gasteiger partial charge on any atom is 0.125 e. The summed E-state index contributed by atoms with van der Waals surface area (Å²) in [7, 11) is 0. The van der Waals surface area contributed by atoms with Gasteiger partial charge in [0, 0.05) is 35.9 Å². The van der Waals surface area contributed by atoms with E-state index in [4.69, 9.17) is 26.8 Å². The lowest BCUT2D eigenvalue weighted by Gasteiger charge is -2.47. The Kier molecular flexibility index (Phi) is 3.24. The van der Waals surface area contributed by atoms with Crippen molar-refractivity contribution >= 4 is 11.6 Å². The molecule has 1 saturated heterocycles. The summed E-state index contributed by atoms with van der Waals surface area (Å²) in [5, 5.41) is 0.711. The van der Waals surface area contributed by atoms with E-state index >= 15 is 0 Å². The second-order valence-electron chi connectivity index (χ2n) is 5.94. The monoisotopic (exact) mass is 281 g/mol. The number of halogens is 1. The first-order chi connectivity index (χ1) is 8.97. The highest BCUT2D eigenvalue weighted by atomic mass is 35.5. The largest absolute Gasteiger partial charge is 0.487 e. The van der Waals surface area contributed by atoms with Crippen LogP contribution in [0.3, 0.4) is 0 Å². The van der Waals surface area contributed by atoms with Crippen molar-refractivity contribution < 1.29 is 9.47 Å². The first-order valence-electron chi connectivity index (χ1n) is 6.87. The summed E-state index contributed by atoms with van der Waals surface area (Å²) in [5.41, 5.74) is 7.17. The minimum absolute atomic E-state index is 0.0139. The van der Waals surface area contributed by atoms with Crippen LogP contribution < -0.4 is 10.5 Å². The lowest BCUT2D eigenvalue weighted by Crippen LogP contribution is -2.51. The van der Waals surface area contributed by atoms with E-state index in [-0.39, 0.29) is 23.9 Å². The minimum atomic E-state index is -0.183. The molecule has 2 N–H and O–H groups in total. The van der Waals surface area contributed by atoms with Gasteiger partial charge in [-0.05, 0) is 32.0 Å². The molecule has 1 aromatic carbocycles. The molecule has 3 rings (SSSR count). The van der Waals surface area contributed by atoms with Crippen LogP contribution in [0, 0.1) is 0 Å². The van der Waals surface area contributed by atoms with Gasteiger partial charge in [0.1, 0.15) is 11.4 Å². The molecule has 2 heterocycles. The van der Waals surface area contributed by atoms with Crippen molar-refractivity contribution in [2.45, 2.75) is 57.0 Å². The van der Waals surface area contributed by atoms with E-state index in [1.807, 2.05) is 18.2 Å². The highest BCUT2D eigenvalue weighted by Crippen LogP contribution is 2.45. The van der Waals surface area contributed by atoms with Gasteiger partial charge in [0.25, 0.3) is 0 Å². The van der Waals surface area contributed by atoms with Crippen molar-refractivity contribution in [1.29, 1.82) is 0 Å². The highest BCUT2D eigenvalue weighted by molar-refractivity contribution is 6.30. The maximum absolute atomic E-state index is 6.33. The quantitative estimate of drug-likeness (QED) is 0.792. The minimum Gasteiger partial charge on any atom is -0.487 e. The average molecular weight is 282 g/mol. The molecule has 0 amide bonds. The molecule has 0 aliphatic carbocycles. The first-order valence-corrected chi connectivity index (χ1v) is 7.25. The van der Waals surface area contributed by atoms with Crippen molar-refractivity contribution in [2.24, 2.45) is 5.73 Å². The molecular formula is C15H20ClNO2. The van der Waals surface area contributed by atoms with E-state index in [0.717, 1.165) is 30.6 Å². The summed E-state index contributed by atoms with van der Waals surface area (Å²) < 4.78 is 12.1. The molecule has 1 aromatic rings. The fourth-order valence-corrected chi connectivity index (χ4v) is 3.74. The maximum atomic E-state index is 6.33. The van der Waals surface area contributed by atoms with Crippen LogP contribution in [-0.2, 0) is 4.74 Å².